The van der Waals surface area contributed by atoms with Crippen LogP contribution < -0.4 is 0 Å². The highest BCUT2D eigenvalue weighted by Gasteiger charge is 2.08. The highest BCUT2D eigenvalue weighted by Crippen LogP contribution is 2.22. The van der Waals surface area contributed by atoms with Gasteiger partial charge in [-0.3, -0.25) is 0 Å². The molecule has 0 radical (unpaired) electrons. The molecule has 0 bridgehead atoms. The molecule has 1 heteroatoms. The summed E-state index contributed by atoms with van der Waals surface area (Å²) in [6, 6.07) is 0. The molecule has 1 nitrogen and oxygen atoms in total. The quantitative estimate of drug-likeness (QED) is 0.481. The maximum Gasteiger partial charge on any atom is -0.00248 e. The molecule has 0 fully saturated rings. The lowest BCUT2D eigenvalue weighted by atomic mass is 9.89. The average molecular weight is 241 g/mol. The van der Waals surface area contributed by atoms with Gasteiger partial charge in [0.15, 0.2) is 0 Å². The summed E-state index contributed by atoms with van der Waals surface area (Å²) < 4.78 is 0. The van der Waals surface area contributed by atoms with E-state index in [0.29, 0.717) is 5.41 Å². The molecule has 0 amide bonds. The minimum atomic E-state index is 0.534. The standard InChI is InChI=1S/C16H35N/c1-16(2,3)14-12-10-8-6-7-9-11-13-15-17(4)5/h6-15H2,1-5H3. The van der Waals surface area contributed by atoms with Gasteiger partial charge in [0.05, 0.1) is 0 Å². The van der Waals surface area contributed by atoms with E-state index in [1.165, 1.54) is 64.3 Å². The van der Waals surface area contributed by atoms with Crippen molar-refractivity contribution in [2.45, 2.75) is 78.6 Å². The molecule has 0 aromatic rings. The Morgan fingerprint density at radius 3 is 1.47 bits per heavy atom. The van der Waals surface area contributed by atoms with Gasteiger partial charge in [-0.2, -0.15) is 0 Å². The van der Waals surface area contributed by atoms with Crippen LogP contribution in [0.2, 0.25) is 0 Å². The van der Waals surface area contributed by atoms with Crippen LogP contribution in [0.4, 0.5) is 0 Å². The van der Waals surface area contributed by atoms with Crippen molar-refractivity contribution in [1.82, 2.24) is 4.90 Å². The van der Waals surface area contributed by atoms with Gasteiger partial charge in [0.2, 0.25) is 0 Å². The predicted molar refractivity (Wildman–Crippen MR) is 79.6 cm³/mol. The van der Waals surface area contributed by atoms with Crippen LogP contribution in [-0.2, 0) is 0 Å². The van der Waals surface area contributed by atoms with Gasteiger partial charge in [-0.25, -0.2) is 0 Å². The molecule has 0 atom stereocenters. The Morgan fingerprint density at radius 1 is 0.647 bits per heavy atom. The van der Waals surface area contributed by atoms with E-state index in [4.69, 9.17) is 0 Å². The van der Waals surface area contributed by atoms with Gasteiger partial charge in [-0.05, 0) is 38.9 Å². The number of hydrogen-bond acceptors (Lipinski definition) is 1. The summed E-state index contributed by atoms with van der Waals surface area (Å²) in [4.78, 5) is 2.28. The Hall–Kier alpha value is -0.0400. The molecule has 0 spiro atoms. The van der Waals surface area contributed by atoms with Gasteiger partial charge in [0, 0.05) is 0 Å². The van der Waals surface area contributed by atoms with Crippen LogP contribution in [0.25, 0.3) is 0 Å². The number of unbranched alkanes of at least 4 members (excludes halogenated alkanes) is 7. The zero-order valence-corrected chi connectivity index (χ0v) is 13.0. The predicted octanol–water partition coefficient (Wildman–Crippen LogP) is 5.11. The highest BCUT2D eigenvalue weighted by atomic mass is 15.0. The van der Waals surface area contributed by atoms with Gasteiger partial charge in [-0.15, -0.1) is 0 Å². The molecule has 104 valence electrons. The summed E-state index contributed by atoms with van der Waals surface area (Å²) >= 11 is 0. The fourth-order valence-corrected chi connectivity index (χ4v) is 2.14. The molecule has 0 aliphatic carbocycles. The van der Waals surface area contributed by atoms with Gasteiger partial charge >= 0.3 is 0 Å². The second-order valence-electron chi connectivity index (χ2n) is 6.94. The first-order chi connectivity index (χ1) is 7.92. The van der Waals surface area contributed by atoms with Crippen LogP contribution in [0.3, 0.4) is 0 Å². The lowest BCUT2D eigenvalue weighted by molar-refractivity contribution is 0.356. The topological polar surface area (TPSA) is 3.24 Å². The van der Waals surface area contributed by atoms with Crippen molar-refractivity contribution in [3.63, 3.8) is 0 Å². The SMILES string of the molecule is CN(C)CCCCCCCCCCC(C)(C)C. The molecule has 0 aromatic heterocycles. The van der Waals surface area contributed by atoms with Crippen molar-refractivity contribution >= 4 is 0 Å². The molecule has 0 rings (SSSR count). The third-order valence-electron chi connectivity index (χ3n) is 3.28. The smallest absolute Gasteiger partial charge is 0.00248 e. The Labute approximate surface area is 110 Å². The molecule has 0 aliphatic rings. The largest absolute Gasteiger partial charge is 0.309 e. The van der Waals surface area contributed by atoms with Gasteiger partial charge in [-0.1, -0.05) is 65.7 Å². The van der Waals surface area contributed by atoms with Crippen molar-refractivity contribution in [1.29, 1.82) is 0 Å². The Balaban J connectivity index is 3.04. The zero-order valence-electron chi connectivity index (χ0n) is 13.0. The minimum absolute atomic E-state index is 0.534. The summed E-state index contributed by atoms with van der Waals surface area (Å²) in [5.41, 5.74) is 0.534. The first-order valence-electron chi connectivity index (χ1n) is 7.56. The van der Waals surface area contributed by atoms with Crippen molar-refractivity contribution in [3.8, 4) is 0 Å². The van der Waals surface area contributed by atoms with Gasteiger partial charge < -0.3 is 4.90 Å². The van der Waals surface area contributed by atoms with Crippen molar-refractivity contribution in [2.75, 3.05) is 20.6 Å². The van der Waals surface area contributed by atoms with E-state index in [-0.39, 0.29) is 0 Å². The maximum atomic E-state index is 2.34. The molecule has 17 heavy (non-hydrogen) atoms. The summed E-state index contributed by atoms with van der Waals surface area (Å²) in [7, 11) is 4.32. The lowest BCUT2D eigenvalue weighted by Crippen LogP contribution is -2.12. The van der Waals surface area contributed by atoms with E-state index < -0.39 is 0 Å². The Morgan fingerprint density at radius 2 is 1.06 bits per heavy atom. The fourth-order valence-electron chi connectivity index (χ4n) is 2.14. The normalized spacial score (nSPS) is 12.4. The highest BCUT2D eigenvalue weighted by molar-refractivity contribution is 4.61. The van der Waals surface area contributed by atoms with Crippen molar-refractivity contribution < 1.29 is 0 Å². The van der Waals surface area contributed by atoms with Crippen molar-refractivity contribution in [3.05, 3.63) is 0 Å². The molecule has 0 heterocycles. The molecule has 0 aliphatic heterocycles. The summed E-state index contributed by atoms with van der Waals surface area (Å²) in [5, 5.41) is 0. The molecular weight excluding hydrogens is 206 g/mol. The van der Waals surface area contributed by atoms with E-state index in [1.54, 1.807) is 0 Å². The van der Waals surface area contributed by atoms with Crippen LogP contribution in [0, 0.1) is 5.41 Å². The third-order valence-corrected chi connectivity index (χ3v) is 3.28. The molecule has 0 saturated heterocycles. The Bertz CT molecular complexity index is 155. The number of rotatable bonds is 10. The maximum absolute atomic E-state index is 2.34. The summed E-state index contributed by atoms with van der Waals surface area (Å²) in [5.74, 6) is 0. The van der Waals surface area contributed by atoms with E-state index in [2.05, 4.69) is 39.8 Å². The van der Waals surface area contributed by atoms with E-state index in [1.807, 2.05) is 0 Å². The first kappa shape index (κ1) is 17.0. The summed E-state index contributed by atoms with van der Waals surface area (Å²) in [6.45, 7) is 8.29. The second-order valence-corrected chi connectivity index (χ2v) is 6.94. The average Bonchev–Trinajstić information content (AvgIpc) is 2.18. The minimum Gasteiger partial charge on any atom is -0.309 e. The van der Waals surface area contributed by atoms with Crippen LogP contribution in [0.1, 0.15) is 78.6 Å². The monoisotopic (exact) mass is 241 g/mol. The summed E-state index contributed by atoms with van der Waals surface area (Å²) in [6.07, 6.45) is 12.8. The number of nitrogens with zero attached hydrogens (tertiary/aromatic N) is 1. The van der Waals surface area contributed by atoms with Crippen LogP contribution in [-0.4, -0.2) is 25.5 Å². The Kier molecular flexibility index (Phi) is 9.91. The first-order valence-corrected chi connectivity index (χ1v) is 7.56. The third kappa shape index (κ3) is 16.0. The van der Waals surface area contributed by atoms with E-state index in [9.17, 15) is 0 Å². The second kappa shape index (κ2) is 9.94. The van der Waals surface area contributed by atoms with Crippen LogP contribution in [0.5, 0.6) is 0 Å². The molecule has 0 saturated carbocycles. The molecule has 0 N–H and O–H groups in total. The van der Waals surface area contributed by atoms with E-state index >= 15 is 0 Å². The zero-order chi connectivity index (χ0) is 13.1. The van der Waals surface area contributed by atoms with Crippen LogP contribution >= 0.6 is 0 Å². The number of hydrogen-bond donors (Lipinski definition) is 0. The molecule has 0 aromatic carbocycles. The van der Waals surface area contributed by atoms with Crippen molar-refractivity contribution in [2.24, 2.45) is 5.41 Å². The van der Waals surface area contributed by atoms with E-state index in [0.717, 1.165) is 0 Å². The molecule has 0 unspecified atom stereocenters. The molecular formula is C16H35N. The lowest BCUT2D eigenvalue weighted by Gasteiger charge is -2.17. The van der Waals surface area contributed by atoms with Crippen LogP contribution in [0.15, 0.2) is 0 Å². The van der Waals surface area contributed by atoms with Gasteiger partial charge in [0.1, 0.15) is 0 Å². The van der Waals surface area contributed by atoms with Gasteiger partial charge in [0.25, 0.3) is 0 Å². The fraction of sp³-hybridized carbons (Fsp3) is 1.00.